The smallest absolute Gasteiger partial charge is 0.164 e. The molecule has 0 aliphatic carbocycles. The summed E-state index contributed by atoms with van der Waals surface area (Å²) in [5.41, 5.74) is 7.86. The fourth-order valence-electron chi connectivity index (χ4n) is 10.3. The van der Waals surface area contributed by atoms with Crippen LogP contribution >= 0.6 is 0 Å². The van der Waals surface area contributed by atoms with Gasteiger partial charge in [0.05, 0.1) is 11.0 Å². The maximum atomic E-state index is 6.69. The van der Waals surface area contributed by atoms with Crippen molar-refractivity contribution in [1.29, 1.82) is 0 Å². The quantitative estimate of drug-likeness (QED) is 0.166. The Bertz CT molecular complexity index is 4260. The Morgan fingerprint density at radius 3 is 1.80 bits per heavy atom. The Hall–Kier alpha value is -8.67. The van der Waals surface area contributed by atoms with E-state index in [1.165, 1.54) is 48.7 Å². The molecule has 0 spiro atoms. The van der Waals surface area contributed by atoms with E-state index >= 15 is 0 Å². The first kappa shape index (κ1) is 35.0. The highest BCUT2D eigenvalue weighted by Gasteiger charge is 2.22. The first-order valence-corrected chi connectivity index (χ1v) is 21.7. The molecule has 3 aromatic heterocycles. The van der Waals surface area contributed by atoms with E-state index in [1.54, 1.807) is 0 Å². The van der Waals surface area contributed by atoms with E-state index < -0.39 is 0 Å². The molecule has 5 heteroatoms. The standard InChI is InChI=1S/C59H34N4O/c1-2-14-36(15-3-1)57-60-58(62-59(61-57)50-33-39-18-7-8-19-42(39)45-21-10-11-22-46(45)50)48-23-12-24-52-55(48)54-43-29-27-41(31-40(43)26-30-53(54)64-52)63-51-34-38-17-5-4-16-37(38)32-49(51)47-28-25-35-13-6-9-20-44(35)56(47)63/h1-34H. The van der Waals surface area contributed by atoms with Crippen molar-refractivity contribution >= 4 is 97.6 Å². The third-order valence-electron chi connectivity index (χ3n) is 13.2. The molecule has 5 nitrogen and oxygen atoms in total. The van der Waals surface area contributed by atoms with E-state index in [2.05, 4.69) is 180 Å². The number of nitrogens with zero attached hydrogens (tertiary/aromatic N) is 4. The predicted octanol–water partition coefficient (Wildman–Crippen LogP) is 15.6. The Kier molecular flexibility index (Phi) is 7.33. The molecule has 296 valence electrons. The highest BCUT2D eigenvalue weighted by atomic mass is 16.3. The number of fused-ring (bicyclic) bond motifs is 14. The van der Waals surface area contributed by atoms with E-state index in [-0.39, 0.29) is 0 Å². The maximum Gasteiger partial charge on any atom is 0.164 e. The lowest BCUT2D eigenvalue weighted by Crippen LogP contribution is -2.01. The molecule has 0 aliphatic heterocycles. The summed E-state index contributed by atoms with van der Waals surface area (Å²) in [6.07, 6.45) is 0. The van der Waals surface area contributed by atoms with Crippen LogP contribution in [0.5, 0.6) is 0 Å². The maximum absolute atomic E-state index is 6.69. The minimum absolute atomic E-state index is 0.590. The molecule has 3 heterocycles. The van der Waals surface area contributed by atoms with Crippen molar-refractivity contribution in [1.82, 2.24) is 19.5 Å². The van der Waals surface area contributed by atoms with Gasteiger partial charge in [0.25, 0.3) is 0 Å². The summed E-state index contributed by atoms with van der Waals surface area (Å²) in [6.45, 7) is 0. The summed E-state index contributed by atoms with van der Waals surface area (Å²) in [5, 5.41) is 16.2. The third kappa shape index (κ3) is 5.15. The molecular formula is C59H34N4O. The molecule has 0 amide bonds. The zero-order valence-corrected chi connectivity index (χ0v) is 34.3. The van der Waals surface area contributed by atoms with E-state index in [4.69, 9.17) is 19.4 Å². The van der Waals surface area contributed by atoms with Gasteiger partial charge in [-0.15, -0.1) is 0 Å². The Balaban J connectivity index is 1.02. The first-order valence-electron chi connectivity index (χ1n) is 21.7. The molecule has 0 saturated heterocycles. The van der Waals surface area contributed by atoms with Crippen molar-refractivity contribution in [2.75, 3.05) is 0 Å². The second kappa shape index (κ2) is 13.4. The molecular weight excluding hydrogens is 781 g/mol. The number of hydrogen-bond acceptors (Lipinski definition) is 4. The van der Waals surface area contributed by atoms with Crippen LogP contribution in [-0.2, 0) is 0 Å². The summed E-state index contributed by atoms with van der Waals surface area (Å²) in [4.78, 5) is 15.8. The van der Waals surface area contributed by atoms with Gasteiger partial charge in [0.1, 0.15) is 11.2 Å². The van der Waals surface area contributed by atoms with Crippen LogP contribution in [0.1, 0.15) is 0 Å². The van der Waals surface area contributed by atoms with Crippen molar-refractivity contribution in [2.45, 2.75) is 0 Å². The highest BCUT2D eigenvalue weighted by molar-refractivity contribution is 6.24. The van der Waals surface area contributed by atoms with Gasteiger partial charge in [-0.1, -0.05) is 164 Å². The molecule has 64 heavy (non-hydrogen) atoms. The van der Waals surface area contributed by atoms with Gasteiger partial charge < -0.3 is 8.98 Å². The molecule has 0 radical (unpaired) electrons. The zero-order valence-electron chi connectivity index (χ0n) is 34.3. The molecule has 0 atom stereocenters. The largest absolute Gasteiger partial charge is 0.456 e. The molecule has 0 unspecified atom stereocenters. The summed E-state index contributed by atoms with van der Waals surface area (Å²) >= 11 is 0. The van der Waals surface area contributed by atoms with Crippen molar-refractivity contribution < 1.29 is 4.42 Å². The molecule has 11 aromatic carbocycles. The Labute approximate surface area is 366 Å². The van der Waals surface area contributed by atoms with Gasteiger partial charge in [-0.3, -0.25) is 0 Å². The van der Waals surface area contributed by atoms with Crippen LogP contribution in [0.2, 0.25) is 0 Å². The van der Waals surface area contributed by atoms with Crippen molar-refractivity contribution in [3.8, 4) is 39.9 Å². The predicted molar refractivity (Wildman–Crippen MR) is 265 cm³/mol. The zero-order chi connectivity index (χ0) is 41.9. The number of aromatic nitrogens is 4. The monoisotopic (exact) mass is 814 g/mol. The van der Waals surface area contributed by atoms with Crippen LogP contribution in [0.25, 0.3) is 137 Å². The van der Waals surface area contributed by atoms with E-state index in [1.807, 2.05) is 30.3 Å². The highest BCUT2D eigenvalue weighted by Crippen LogP contribution is 2.43. The summed E-state index contributed by atoms with van der Waals surface area (Å²) < 4.78 is 9.14. The van der Waals surface area contributed by atoms with Crippen molar-refractivity contribution in [3.63, 3.8) is 0 Å². The topological polar surface area (TPSA) is 56.7 Å². The first-order chi connectivity index (χ1) is 31.7. The van der Waals surface area contributed by atoms with Gasteiger partial charge in [-0.2, -0.15) is 0 Å². The third-order valence-corrected chi connectivity index (χ3v) is 13.2. The van der Waals surface area contributed by atoms with E-state index in [0.29, 0.717) is 17.5 Å². The van der Waals surface area contributed by atoms with Gasteiger partial charge in [0.2, 0.25) is 0 Å². The minimum atomic E-state index is 0.590. The SMILES string of the molecule is c1ccc(-c2nc(-c3cc4ccccc4c4ccccc34)nc(-c3cccc4oc5ccc6cc(-n7c8cc9ccccc9cc8c8ccc9ccccc9c87)ccc6c5c34)n2)cc1. The molecule has 14 rings (SSSR count). The average molecular weight is 815 g/mol. The van der Waals surface area contributed by atoms with Crippen molar-refractivity contribution in [3.05, 3.63) is 206 Å². The molecule has 0 aliphatic rings. The molecule has 0 bridgehead atoms. The minimum Gasteiger partial charge on any atom is -0.456 e. The van der Waals surface area contributed by atoms with E-state index in [9.17, 15) is 0 Å². The molecule has 0 fully saturated rings. The van der Waals surface area contributed by atoms with Crippen LogP contribution in [-0.4, -0.2) is 19.5 Å². The second-order valence-corrected chi connectivity index (χ2v) is 16.7. The van der Waals surface area contributed by atoms with Crippen LogP contribution in [0.3, 0.4) is 0 Å². The van der Waals surface area contributed by atoms with Crippen LogP contribution in [0.4, 0.5) is 0 Å². The van der Waals surface area contributed by atoms with Crippen LogP contribution in [0, 0.1) is 0 Å². The number of rotatable bonds is 4. The van der Waals surface area contributed by atoms with Gasteiger partial charge >= 0.3 is 0 Å². The summed E-state index contributed by atoms with van der Waals surface area (Å²) in [6, 6.07) is 73.4. The van der Waals surface area contributed by atoms with Gasteiger partial charge in [0.15, 0.2) is 17.5 Å². The van der Waals surface area contributed by atoms with E-state index in [0.717, 1.165) is 71.2 Å². The van der Waals surface area contributed by atoms with Crippen molar-refractivity contribution in [2.24, 2.45) is 0 Å². The number of furan rings is 1. The van der Waals surface area contributed by atoms with Crippen LogP contribution < -0.4 is 0 Å². The van der Waals surface area contributed by atoms with Crippen LogP contribution in [0.15, 0.2) is 211 Å². The van der Waals surface area contributed by atoms with Gasteiger partial charge in [0, 0.05) is 49.3 Å². The Morgan fingerprint density at radius 2 is 0.953 bits per heavy atom. The lowest BCUT2D eigenvalue weighted by Gasteiger charge is -2.13. The fourth-order valence-corrected chi connectivity index (χ4v) is 10.3. The average Bonchev–Trinajstić information content (AvgIpc) is 3.91. The van der Waals surface area contributed by atoms with Gasteiger partial charge in [-0.05, 0) is 90.9 Å². The lowest BCUT2D eigenvalue weighted by molar-refractivity contribution is 0.669. The summed E-state index contributed by atoms with van der Waals surface area (Å²) in [5.74, 6) is 1.83. The normalized spacial score (nSPS) is 12.1. The second-order valence-electron chi connectivity index (χ2n) is 16.7. The summed E-state index contributed by atoms with van der Waals surface area (Å²) in [7, 11) is 0. The number of benzene rings is 11. The number of hydrogen-bond donors (Lipinski definition) is 0. The van der Waals surface area contributed by atoms with Gasteiger partial charge in [-0.25, -0.2) is 15.0 Å². The molecule has 0 saturated carbocycles. The molecule has 14 aromatic rings. The fraction of sp³-hybridized carbons (Fsp3) is 0. The lowest BCUT2D eigenvalue weighted by atomic mass is 9.96. The Morgan fingerprint density at radius 1 is 0.328 bits per heavy atom. The molecule has 0 N–H and O–H groups in total.